The highest BCUT2D eigenvalue weighted by atomic mass is 14.6. The van der Waals surface area contributed by atoms with Crippen LogP contribution in [0.5, 0.6) is 0 Å². The van der Waals surface area contributed by atoms with Crippen molar-refractivity contribution < 1.29 is 0 Å². The van der Waals surface area contributed by atoms with E-state index in [0.717, 1.165) is 87.3 Å². The van der Waals surface area contributed by atoms with E-state index < -0.39 is 0 Å². The number of hydrogen-bond donors (Lipinski definition) is 0. The first kappa shape index (κ1) is 43.0. The first-order chi connectivity index (χ1) is 18.2. The molecule has 6 unspecified atom stereocenters. The van der Waals surface area contributed by atoms with Gasteiger partial charge in [0.25, 0.3) is 0 Å². The fourth-order valence-electron chi connectivity index (χ4n) is 11.3. The highest BCUT2D eigenvalue weighted by molar-refractivity contribution is 5.08. The Labute approximate surface area is 276 Å². The van der Waals surface area contributed by atoms with Crippen molar-refractivity contribution >= 4 is 0 Å². The largest absolute Gasteiger partial charge is 0.0776 e. The van der Waals surface area contributed by atoms with Gasteiger partial charge in [-0.1, -0.05) is 113 Å². The molecule has 0 bridgehead atoms. The van der Waals surface area contributed by atoms with Crippen molar-refractivity contribution in [1.29, 1.82) is 0 Å². The molecule has 6 atom stereocenters. The third-order valence-corrected chi connectivity index (χ3v) is 13.8. The van der Waals surface area contributed by atoms with Crippen molar-refractivity contribution in [3.05, 3.63) is 0 Å². The van der Waals surface area contributed by atoms with Crippen LogP contribution < -0.4 is 0 Å². The third kappa shape index (κ3) is 9.30. The van der Waals surface area contributed by atoms with Gasteiger partial charge in [-0.05, 0) is 164 Å². The Morgan fingerprint density at radius 1 is 0.349 bits per heavy atom. The van der Waals surface area contributed by atoms with Crippen LogP contribution >= 0.6 is 0 Å². The molecule has 0 aliphatic heterocycles. The van der Waals surface area contributed by atoms with Crippen LogP contribution in [-0.4, -0.2) is 0 Å². The lowest BCUT2D eigenvalue weighted by molar-refractivity contribution is 0.176. The normalized spacial score (nSPS) is 33.1. The summed E-state index contributed by atoms with van der Waals surface area (Å²) in [5, 5.41) is 0. The summed E-state index contributed by atoms with van der Waals surface area (Å²) in [4.78, 5) is 0. The van der Waals surface area contributed by atoms with Gasteiger partial charge in [-0.25, -0.2) is 0 Å². The standard InChI is InChI=1S/3C13H24.4CH4/c1-9(2)11-7-13(5-6-13)8-12(11)10(3)4;2*1-9(2)11-5-6-13(7-8-13)12(11)10(3)4;;;;/h3*9-12H,5-8H2,1-4H3;4*1H4. The number of rotatable bonds is 6. The summed E-state index contributed by atoms with van der Waals surface area (Å²) in [6.07, 6.45) is 18.5. The fraction of sp³-hybridized carbons (Fsp3) is 1.00. The molecule has 0 N–H and O–H groups in total. The van der Waals surface area contributed by atoms with Crippen molar-refractivity contribution in [3.63, 3.8) is 0 Å². The third-order valence-electron chi connectivity index (χ3n) is 13.8. The van der Waals surface area contributed by atoms with Gasteiger partial charge in [0, 0.05) is 0 Å². The zero-order chi connectivity index (χ0) is 28.9. The van der Waals surface area contributed by atoms with Crippen LogP contribution in [0.1, 0.15) is 190 Å². The second kappa shape index (κ2) is 16.2. The lowest BCUT2D eigenvalue weighted by atomic mass is 9.74. The minimum atomic E-state index is 0. The number of hydrogen-bond acceptors (Lipinski definition) is 0. The maximum Gasteiger partial charge on any atom is -0.0263 e. The molecule has 6 aliphatic rings. The Morgan fingerprint density at radius 2 is 0.628 bits per heavy atom. The lowest BCUT2D eigenvalue weighted by Crippen LogP contribution is -2.25. The van der Waals surface area contributed by atoms with Gasteiger partial charge < -0.3 is 0 Å². The average Bonchev–Trinajstić information content (AvgIpc) is 3.75. The fourth-order valence-corrected chi connectivity index (χ4v) is 11.3. The van der Waals surface area contributed by atoms with Crippen LogP contribution in [0.25, 0.3) is 0 Å². The van der Waals surface area contributed by atoms with Gasteiger partial charge in [-0.3, -0.25) is 0 Å². The molecule has 0 nitrogen and oxygen atoms in total. The van der Waals surface area contributed by atoms with Crippen molar-refractivity contribution in [2.45, 2.75) is 190 Å². The summed E-state index contributed by atoms with van der Waals surface area (Å²) < 4.78 is 0. The van der Waals surface area contributed by atoms with Crippen LogP contribution in [0, 0.1) is 87.3 Å². The molecular formula is C43H88. The summed E-state index contributed by atoms with van der Waals surface area (Å²) in [7, 11) is 0. The molecule has 3 spiro atoms. The Balaban J connectivity index is 0.000000588. The molecule has 0 amide bonds. The molecule has 0 aromatic carbocycles. The Kier molecular flexibility index (Phi) is 16.2. The van der Waals surface area contributed by atoms with Gasteiger partial charge in [0.05, 0.1) is 0 Å². The molecule has 6 aliphatic carbocycles. The van der Waals surface area contributed by atoms with Crippen molar-refractivity contribution in [2.75, 3.05) is 0 Å². The van der Waals surface area contributed by atoms with Gasteiger partial charge in [0.1, 0.15) is 0 Å². The van der Waals surface area contributed by atoms with E-state index in [1.165, 1.54) is 12.8 Å². The second-order valence-corrected chi connectivity index (χ2v) is 18.4. The van der Waals surface area contributed by atoms with E-state index in [0.29, 0.717) is 0 Å². The SMILES string of the molecule is C.C.C.C.CC(C)C1CC2(CC2)CC1C(C)C.CC(C)C1CCC2(CC2)C1C(C)C.CC(C)C1CCC2(CC2)C1C(C)C. The summed E-state index contributed by atoms with van der Waals surface area (Å²) in [5.74, 6) is 11.7. The van der Waals surface area contributed by atoms with E-state index in [1.807, 2.05) is 0 Å². The molecule has 260 valence electrons. The molecule has 0 aromatic rings. The lowest BCUT2D eigenvalue weighted by Gasteiger charge is -2.31. The monoisotopic (exact) mass is 605 g/mol. The van der Waals surface area contributed by atoms with Gasteiger partial charge in [-0.2, -0.15) is 0 Å². The molecule has 43 heavy (non-hydrogen) atoms. The Hall–Kier alpha value is 0. The average molecular weight is 605 g/mol. The van der Waals surface area contributed by atoms with Gasteiger partial charge >= 0.3 is 0 Å². The zero-order valence-electron chi connectivity index (χ0n) is 28.9. The highest BCUT2D eigenvalue weighted by Gasteiger charge is 2.58. The van der Waals surface area contributed by atoms with E-state index >= 15 is 0 Å². The topological polar surface area (TPSA) is 0 Å². The van der Waals surface area contributed by atoms with Crippen molar-refractivity contribution in [1.82, 2.24) is 0 Å². The molecule has 0 saturated heterocycles. The van der Waals surface area contributed by atoms with Crippen LogP contribution in [0.4, 0.5) is 0 Å². The molecule has 0 heteroatoms. The summed E-state index contributed by atoms with van der Waals surface area (Å²) in [5.41, 5.74) is 2.52. The van der Waals surface area contributed by atoms with E-state index in [-0.39, 0.29) is 29.7 Å². The predicted molar refractivity (Wildman–Crippen MR) is 200 cm³/mol. The van der Waals surface area contributed by atoms with Crippen LogP contribution in [-0.2, 0) is 0 Å². The maximum absolute atomic E-state index is 2.44. The minimum absolute atomic E-state index is 0. The minimum Gasteiger partial charge on any atom is -0.0776 e. The van der Waals surface area contributed by atoms with E-state index in [1.54, 1.807) is 64.2 Å². The summed E-state index contributed by atoms with van der Waals surface area (Å²) in [6.45, 7) is 29.1. The molecule has 6 fully saturated rings. The molecule has 6 saturated carbocycles. The van der Waals surface area contributed by atoms with Gasteiger partial charge in [0.2, 0.25) is 0 Å². The van der Waals surface area contributed by atoms with Gasteiger partial charge in [0.15, 0.2) is 0 Å². The van der Waals surface area contributed by atoms with Crippen LogP contribution in [0.3, 0.4) is 0 Å². The molecule has 0 aromatic heterocycles. The molecule has 0 heterocycles. The van der Waals surface area contributed by atoms with Gasteiger partial charge in [-0.15, -0.1) is 0 Å². The molecule has 0 radical (unpaired) electrons. The van der Waals surface area contributed by atoms with Crippen molar-refractivity contribution in [2.24, 2.45) is 87.3 Å². The molecular weight excluding hydrogens is 516 g/mol. The summed E-state index contributed by atoms with van der Waals surface area (Å²) in [6, 6.07) is 0. The Bertz CT molecular complexity index is 694. The van der Waals surface area contributed by atoms with Crippen LogP contribution in [0.15, 0.2) is 0 Å². The quantitative estimate of drug-likeness (QED) is 0.283. The Morgan fingerprint density at radius 3 is 0.814 bits per heavy atom. The van der Waals surface area contributed by atoms with E-state index in [9.17, 15) is 0 Å². The highest BCUT2D eigenvalue weighted by Crippen LogP contribution is 2.67. The van der Waals surface area contributed by atoms with Crippen LogP contribution in [0.2, 0.25) is 0 Å². The van der Waals surface area contributed by atoms with E-state index in [2.05, 4.69) is 83.1 Å². The molecule has 6 rings (SSSR count). The summed E-state index contributed by atoms with van der Waals surface area (Å²) >= 11 is 0. The first-order valence-corrected chi connectivity index (χ1v) is 18.2. The smallest absolute Gasteiger partial charge is 0.0263 e. The second-order valence-electron chi connectivity index (χ2n) is 18.4. The van der Waals surface area contributed by atoms with E-state index in [4.69, 9.17) is 0 Å². The zero-order valence-corrected chi connectivity index (χ0v) is 28.9. The van der Waals surface area contributed by atoms with Crippen molar-refractivity contribution in [3.8, 4) is 0 Å². The maximum atomic E-state index is 2.44. The predicted octanol–water partition coefficient (Wildman–Crippen LogP) is 14.9. The first-order valence-electron chi connectivity index (χ1n) is 18.2.